The van der Waals surface area contributed by atoms with Gasteiger partial charge < -0.3 is 15.3 Å². The molecule has 0 aromatic heterocycles. The Balaban J connectivity index is 3.94. The molecule has 0 saturated heterocycles. The van der Waals surface area contributed by atoms with Crippen LogP contribution in [0.2, 0.25) is 0 Å². The van der Waals surface area contributed by atoms with E-state index in [-0.39, 0.29) is 17.9 Å². The first-order valence-corrected chi connectivity index (χ1v) is 7.44. The van der Waals surface area contributed by atoms with Crippen LogP contribution in [0, 0.1) is 0 Å². The first kappa shape index (κ1) is 15.8. The zero-order valence-electron chi connectivity index (χ0n) is 10.7. The maximum absolute atomic E-state index is 11.0. The van der Waals surface area contributed by atoms with Gasteiger partial charge in [0.05, 0.1) is 12.4 Å². The molecule has 0 aliphatic carbocycles. The molecule has 6 heteroatoms. The third kappa shape index (κ3) is 7.16. The van der Waals surface area contributed by atoms with Gasteiger partial charge in [0, 0.05) is 18.3 Å². The zero-order chi connectivity index (χ0) is 12.8. The van der Waals surface area contributed by atoms with Crippen molar-refractivity contribution in [3.8, 4) is 0 Å². The lowest BCUT2D eigenvalue weighted by Crippen LogP contribution is -2.46. The smallest absolute Gasteiger partial charge is 0.148 e. The number of likely N-dealkylation sites (N-methyl/N-ethyl adjacent to an activating group) is 1. The number of nitrogens with one attached hydrogen (secondary N) is 1. The largest absolute Gasteiger partial charge is 0.394 e. The van der Waals surface area contributed by atoms with E-state index in [1.54, 1.807) is 0 Å². The van der Waals surface area contributed by atoms with Crippen molar-refractivity contribution in [2.45, 2.75) is 18.9 Å². The van der Waals surface area contributed by atoms with Crippen LogP contribution in [0.4, 0.5) is 0 Å². The molecule has 0 amide bonds. The number of hydrogen-bond acceptors (Lipinski definition) is 5. The normalized spacial score (nSPS) is 16.4. The minimum atomic E-state index is -2.89. The van der Waals surface area contributed by atoms with Crippen molar-refractivity contribution >= 4 is 9.84 Å². The summed E-state index contributed by atoms with van der Waals surface area (Å²) in [7, 11) is 0.809. The van der Waals surface area contributed by atoms with Crippen molar-refractivity contribution in [3.63, 3.8) is 0 Å². The predicted molar refractivity (Wildman–Crippen MR) is 66.4 cm³/mol. The van der Waals surface area contributed by atoms with Gasteiger partial charge in [-0.2, -0.15) is 0 Å². The van der Waals surface area contributed by atoms with Gasteiger partial charge in [-0.15, -0.1) is 0 Å². The number of nitrogens with zero attached hydrogens (tertiary/aromatic N) is 1. The molecule has 0 aromatic carbocycles. The molecular weight excluding hydrogens is 228 g/mol. The van der Waals surface area contributed by atoms with E-state index >= 15 is 0 Å². The molecule has 0 aliphatic rings. The van der Waals surface area contributed by atoms with Crippen molar-refractivity contribution in [2.24, 2.45) is 0 Å². The zero-order valence-corrected chi connectivity index (χ0v) is 11.5. The Kier molecular flexibility index (Phi) is 6.47. The van der Waals surface area contributed by atoms with Crippen LogP contribution in [-0.4, -0.2) is 69.8 Å². The lowest BCUT2D eigenvalue weighted by molar-refractivity contribution is 0.160. The SMILES string of the molecule is CNC(C)(CO)CCN(C)CCS(C)(=O)=O. The van der Waals surface area contributed by atoms with E-state index in [4.69, 9.17) is 0 Å². The van der Waals surface area contributed by atoms with Crippen molar-refractivity contribution in [1.82, 2.24) is 10.2 Å². The molecule has 98 valence electrons. The van der Waals surface area contributed by atoms with Crippen molar-refractivity contribution in [2.75, 3.05) is 45.8 Å². The van der Waals surface area contributed by atoms with Gasteiger partial charge in [0.2, 0.25) is 0 Å². The monoisotopic (exact) mass is 252 g/mol. The molecule has 0 saturated carbocycles. The second-order valence-electron chi connectivity index (χ2n) is 4.65. The fourth-order valence-corrected chi connectivity index (χ4v) is 1.80. The topological polar surface area (TPSA) is 69.6 Å². The second-order valence-corrected chi connectivity index (χ2v) is 6.91. The highest BCUT2D eigenvalue weighted by molar-refractivity contribution is 7.90. The van der Waals surface area contributed by atoms with E-state index in [9.17, 15) is 13.5 Å². The summed E-state index contributed by atoms with van der Waals surface area (Å²) in [6, 6.07) is 0. The number of aliphatic hydroxyl groups is 1. The summed E-state index contributed by atoms with van der Waals surface area (Å²) >= 11 is 0. The molecule has 0 rings (SSSR count). The molecule has 0 radical (unpaired) electrons. The van der Waals surface area contributed by atoms with Crippen molar-refractivity contribution in [3.05, 3.63) is 0 Å². The quantitative estimate of drug-likeness (QED) is 0.599. The summed E-state index contributed by atoms with van der Waals surface area (Å²) < 4.78 is 21.9. The number of hydrogen-bond donors (Lipinski definition) is 2. The molecule has 1 atom stereocenters. The van der Waals surface area contributed by atoms with E-state index in [1.165, 1.54) is 6.26 Å². The molecule has 5 nitrogen and oxygen atoms in total. The minimum absolute atomic E-state index is 0.0728. The number of rotatable bonds is 8. The standard InChI is InChI=1S/C10H24N2O3S/c1-10(9-13,11-2)5-6-12(3)7-8-16(4,14)15/h11,13H,5-9H2,1-4H3. The Labute approximate surface area is 98.8 Å². The van der Waals surface area contributed by atoms with Gasteiger partial charge in [0.15, 0.2) is 0 Å². The summed E-state index contributed by atoms with van der Waals surface area (Å²) in [5.41, 5.74) is -0.292. The highest BCUT2D eigenvalue weighted by atomic mass is 32.2. The third-order valence-electron chi connectivity index (χ3n) is 2.84. The van der Waals surface area contributed by atoms with Crippen LogP contribution in [0.15, 0.2) is 0 Å². The van der Waals surface area contributed by atoms with Crippen LogP contribution in [0.25, 0.3) is 0 Å². The van der Waals surface area contributed by atoms with Gasteiger partial charge in [-0.3, -0.25) is 0 Å². The summed E-state index contributed by atoms with van der Waals surface area (Å²) in [5, 5.41) is 12.2. The summed E-state index contributed by atoms with van der Waals surface area (Å²) in [6.45, 7) is 3.30. The van der Waals surface area contributed by atoms with Gasteiger partial charge in [0.1, 0.15) is 9.84 Å². The van der Waals surface area contributed by atoms with Crippen molar-refractivity contribution in [1.29, 1.82) is 0 Å². The minimum Gasteiger partial charge on any atom is -0.394 e. The second kappa shape index (κ2) is 6.54. The van der Waals surface area contributed by atoms with Gasteiger partial charge in [-0.25, -0.2) is 8.42 Å². The maximum Gasteiger partial charge on any atom is 0.148 e. The number of aliphatic hydroxyl groups excluding tert-OH is 1. The average molecular weight is 252 g/mol. The first-order chi connectivity index (χ1) is 7.22. The highest BCUT2D eigenvalue weighted by Gasteiger charge is 2.20. The summed E-state index contributed by atoms with van der Waals surface area (Å²) in [5.74, 6) is 0.179. The van der Waals surface area contributed by atoms with Crippen molar-refractivity contribution < 1.29 is 13.5 Å². The first-order valence-electron chi connectivity index (χ1n) is 5.38. The lowest BCUT2D eigenvalue weighted by atomic mass is 9.99. The Morgan fingerprint density at radius 1 is 1.38 bits per heavy atom. The van der Waals surface area contributed by atoms with Crippen LogP contribution in [-0.2, 0) is 9.84 Å². The maximum atomic E-state index is 11.0. The molecule has 0 aromatic rings. The molecule has 0 aliphatic heterocycles. The fraction of sp³-hybridized carbons (Fsp3) is 1.00. The van der Waals surface area contributed by atoms with E-state index < -0.39 is 9.84 Å². The average Bonchev–Trinajstić information content (AvgIpc) is 2.22. The van der Waals surface area contributed by atoms with Gasteiger partial charge in [-0.1, -0.05) is 0 Å². The Bertz CT molecular complexity index is 286. The fourth-order valence-electron chi connectivity index (χ4n) is 1.15. The molecule has 16 heavy (non-hydrogen) atoms. The molecule has 0 fully saturated rings. The lowest BCUT2D eigenvalue weighted by Gasteiger charge is -2.29. The number of sulfone groups is 1. The van der Waals surface area contributed by atoms with Crippen LogP contribution in [0.5, 0.6) is 0 Å². The summed E-state index contributed by atoms with van der Waals surface area (Å²) in [4.78, 5) is 1.96. The Hall–Kier alpha value is -0.170. The molecule has 0 bridgehead atoms. The van der Waals surface area contributed by atoms with Crippen LogP contribution in [0.3, 0.4) is 0 Å². The predicted octanol–water partition coefficient (Wildman–Crippen LogP) is -0.677. The molecule has 0 heterocycles. The van der Waals surface area contributed by atoms with E-state index in [2.05, 4.69) is 5.32 Å². The Morgan fingerprint density at radius 2 is 1.94 bits per heavy atom. The summed E-state index contributed by atoms with van der Waals surface area (Å²) in [6.07, 6.45) is 2.02. The van der Waals surface area contributed by atoms with Crippen LogP contribution >= 0.6 is 0 Å². The van der Waals surface area contributed by atoms with Crippen LogP contribution in [0.1, 0.15) is 13.3 Å². The third-order valence-corrected chi connectivity index (χ3v) is 3.77. The molecule has 0 spiro atoms. The van der Waals surface area contributed by atoms with Crippen LogP contribution < -0.4 is 5.32 Å². The highest BCUT2D eigenvalue weighted by Crippen LogP contribution is 2.08. The van der Waals surface area contributed by atoms with E-state index in [0.717, 1.165) is 13.0 Å². The molecule has 1 unspecified atom stereocenters. The van der Waals surface area contributed by atoms with Gasteiger partial charge >= 0.3 is 0 Å². The molecular formula is C10H24N2O3S. The van der Waals surface area contributed by atoms with E-state index in [0.29, 0.717) is 6.54 Å². The van der Waals surface area contributed by atoms with Gasteiger partial charge in [0.25, 0.3) is 0 Å². The molecule has 2 N–H and O–H groups in total. The van der Waals surface area contributed by atoms with E-state index in [1.807, 2.05) is 25.9 Å². The van der Waals surface area contributed by atoms with Gasteiger partial charge in [-0.05, 0) is 34.0 Å². The Morgan fingerprint density at radius 3 is 2.31 bits per heavy atom.